The van der Waals surface area contributed by atoms with Crippen molar-refractivity contribution in [3.8, 4) is 0 Å². The number of nitrogens with zero attached hydrogens (tertiary/aromatic N) is 3. The van der Waals surface area contributed by atoms with Crippen molar-refractivity contribution in [1.82, 2.24) is 14.7 Å². The zero-order valence-corrected chi connectivity index (χ0v) is 18.6. The van der Waals surface area contributed by atoms with Crippen molar-refractivity contribution >= 4 is 21.7 Å². The van der Waals surface area contributed by atoms with Crippen molar-refractivity contribution in [2.45, 2.75) is 18.9 Å². The minimum Gasteiger partial charge on any atom is -0.378 e. The Balaban J connectivity index is 1.50. The number of rotatable bonds is 4. The molecule has 9 heteroatoms. The zero-order chi connectivity index (χ0) is 21.8. The second-order valence-electron chi connectivity index (χ2n) is 8.56. The number of piperidine rings is 1. The first-order valence-electron chi connectivity index (χ1n) is 11.1. The van der Waals surface area contributed by atoms with Gasteiger partial charge >= 0.3 is 0 Å². The van der Waals surface area contributed by atoms with Gasteiger partial charge < -0.3 is 14.5 Å². The highest BCUT2D eigenvalue weighted by Crippen LogP contribution is 2.28. The van der Waals surface area contributed by atoms with E-state index in [4.69, 9.17) is 4.74 Å². The summed E-state index contributed by atoms with van der Waals surface area (Å²) < 4.78 is 29.2. The number of sulfone groups is 1. The minimum absolute atomic E-state index is 0.0371. The van der Waals surface area contributed by atoms with Crippen LogP contribution in [0.1, 0.15) is 24.4 Å². The van der Waals surface area contributed by atoms with E-state index in [9.17, 15) is 18.0 Å². The van der Waals surface area contributed by atoms with Crippen LogP contribution in [0.3, 0.4) is 0 Å². The van der Waals surface area contributed by atoms with E-state index in [1.807, 2.05) is 45.0 Å². The maximum absolute atomic E-state index is 13.7. The highest BCUT2D eigenvalue weighted by Gasteiger charge is 2.38. The number of carbonyl (C=O) groups excluding carboxylic acids is 2. The maximum atomic E-state index is 13.7. The first-order chi connectivity index (χ1) is 14.9. The predicted molar refractivity (Wildman–Crippen MR) is 116 cm³/mol. The van der Waals surface area contributed by atoms with Gasteiger partial charge in [0.25, 0.3) is 0 Å². The molecule has 0 aliphatic carbocycles. The monoisotopic (exact) mass is 449 g/mol. The number of carbonyl (C=O) groups is 2. The molecule has 4 rings (SSSR count). The average molecular weight is 450 g/mol. The van der Waals surface area contributed by atoms with Gasteiger partial charge in [-0.25, -0.2) is 8.42 Å². The molecule has 3 saturated heterocycles. The molecule has 31 heavy (non-hydrogen) atoms. The van der Waals surface area contributed by atoms with E-state index in [2.05, 4.69) is 0 Å². The van der Waals surface area contributed by atoms with E-state index >= 15 is 0 Å². The fourth-order valence-electron chi connectivity index (χ4n) is 4.72. The van der Waals surface area contributed by atoms with Crippen LogP contribution in [0.5, 0.6) is 0 Å². The average Bonchev–Trinajstić information content (AvgIpc) is 2.81. The third kappa shape index (κ3) is 5.27. The first-order valence-corrected chi connectivity index (χ1v) is 12.9. The number of benzene rings is 1. The Kier molecular flexibility index (Phi) is 6.93. The van der Waals surface area contributed by atoms with Gasteiger partial charge in [-0.3, -0.25) is 14.5 Å². The molecular formula is C22H31N3O5S. The SMILES string of the molecule is O=C(C1CCCN(C(=O)C(c2ccccc2)N2CCS(=O)(=O)CC2)C1)N1CCOCC1. The lowest BCUT2D eigenvalue weighted by atomic mass is 9.94. The van der Waals surface area contributed by atoms with Crippen molar-refractivity contribution < 1.29 is 22.7 Å². The lowest BCUT2D eigenvalue weighted by Gasteiger charge is -2.40. The third-order valence-electron chi connectivity index (χ3n) is 6.50. The van der Waals surface area contributed by atoms with Crippen LogP contribution in [0.4, 0.5) is 0 Å². The summed E-state index contributed by atoms with van der Waals surface area (Å²) in [6.45, 7) is 4.08. The van der Waals surface area contributed by atoms with Crippen molar-refractivity contribution in [2.24, 2.45) is 5.92 Å². The Morgan fingerprint density at radius 1 is 0.935 bits per heavy atom. The summed E-state index contributed by atoms with van der Waals surface area (Å²) in [5, 5.41) is 0. The molecule has 0 aromatic heterocycles. The quantitative estimate of drug-likeness (QED) is 0.668. The van der Waals surface area contributed by atoms with E-state index < -0.39 is 15.9 Å². The Bertz CT molecular complexity index is 872. The van der Waals surface area contributed by atoms with E-state index in [0.717, 1.165) is 18.4 Å². The van der Waals surface area contributed by atoms with Gasteiger partial charge in [-0.05, 0) is 18.4 Å². The van der Waals surface area contributed by atoms with Crippen LogP contribution < -0.4 is 0 Å². The number of hydrogen-bond donors (Lipinski definition) is 0. The molecular weight excluding hydrogens is 418 g/mol. The molecule has 3 aliphatic rings. The molecule has 3 fully saturated rings. The molecule has 0 radical (unpaired) electrons. The topological polar surface area (TPSA) is 87.2 Å². The number of amides is 2. The van der Waals surface area contributed by atoms with Gasteiger partial charge in [0, 0.05) is 39.3 Å². The fraction of sp³-hybridized carbons (Fsp3) is 0.636. The summed E-state index contributed by atoms with van der Waals surface area (Å²) in [6.07, 6.45) is 1.58. The van der Waals surface area contributed by atoms with Crippen LogP contribution in [0.2, 0.25) is 0 Å². The summed E-state index contributed by atoms with van der Waals surface area (Å²) in [5.74, 6) is 0.0313. The van der Waals surface area contributed by atoms with Crippen molar-refractivity contribution in [3.05, 3.63) is 35.9 Å². The molecule has 1 aromatic rings. The van der Waals surface area contributed by atoms with Gasteiger partial charge in [-0.15, -0.1) is 0 Å². The van der Waals surface area contributed by atoms with Crippen LogP contribution in [-0.2, 0) is 24.2 Å². The van der Waals surface area contributed by atoms with Gasteiger partial charge in [0.2, 0.25) is 11.8 Å². The van der Waals surface area contributed by atoms with Gasteiger partial charge in [0.15, 0.2) is 9.84 Å². The van der Waals surface area contributed by atoms with Gasteiger partial charge in [0.05, 0.1) is 30.6 Å². The molecule has 0 spiro atoms. The third-order valence-corrected chi connectivity index (χ3v) is 8.11. The summed E-state index contributed by atoms with van der Waals surface area (Å²) >= 11 is 0. The van der Waals surface area contributed by atoms with Crippen molar-refractivity contribution in [2.75, 3.05) is 64.0 Å². The molecule has 8 nitrogen and oxygen atoms in total. The van der Waals surface area contributed by atoms with Crippen molar-refractivity contribution in [3.63, 3.8) is 0 Å². The second kappa shape index (κ2) is 9.67. The normalized spacial score (nSPS) is 25.7. The lowest BCUT2D eigenvalue weighted by molar-refractivity contribution is -0.146. The number of morpholine rings is 1. The lowest BCUT2D eigenvalue weighted by Crippen LogP contribution is -2.53. The largest absolute Gasteiger partial charge is 0.378 e. The Labute approximate surface area is 184 Å². The molecule has 2 amide bonds. The van der Waals surface area contributed by atoms with Gasteiger partial charge in [-0.1, -0.05) is 30.3 Å². The molecule has 3 aliphatic heterocycles. The molecule has 2 atom stereocenters. The molecule has 0 saturated carbocycles. The first kappa shape index (κ1) is 22.2. The molecule has 3 heterocycles. The van der Waals surface area contributed by atoms with Crippen LogP contribution in [0, 0.1) is 5.92 Å². The Hall–Kier alpha value is -1.97. The predicted octanol–water partition coefficient (Wildman–Crippen LogP) is 0.556. The molecule has 1 aromatic carbocycles. The second-order valence-corrected chi connectivity index (χ2v) is 10.9. The molecule has 2 unspecified atom stereocenters. The van der Waals surface area contributed by atoms with E-state index in [0.29, 0.717) is 52.5 Å². The van der Waals surface area contributed by atoms with E-state index in [-0.39, 0.29) is 29.2 Å². The molecule has 170 valence electrons. The van der Waals surface area contributed by atoms with E-state index in [1.54, 1.807) is 0 Å². The Morgan fingerprint density at radius 3 is 2.29 bits per heavy atom. The summed E-state index contributed by atoms with van der Waals surface area (Å²) in [4.78, 5) is 32.3. The zero-order valence-electron chi connectivity index (χ0n) is 17.8. The number of hydrogen-bond acceptors (Lipinski definition) is 6. The minimum atomic E-state index is -3.04. The molecule has 0 bridgehead atoms. The van der Waals surface area contributed by atoms with E-state index in [1.165, 1.54) is 0 Å². The summed E-state index contributed by atoms with van der Waals surface area (Å²) in [6, 6.07) is 9.03. The Morgan fingerprint density at radius 2 is 1.61 bits per heavy atom. The standard InChI is InChI=1S/C22H31N3O5S/c26-21(24-9-13-30-14-10-24)19-7-4-8-25(17-19)22(27)20(18-5-2-1-3-6-18)23-11-15-31(28,29)16-12-23/h1-3,5-6,19-20H,4,7-17H2. The van der Waals surface area contributed by atoms with Crippen LogP contribution in [-0.4, -0.2) is 98.9 Å². The highest BCUT2D eigenvalue weighted by molar-refractivity contribution is 7.91. The summed E-state index contributed by atoms with van der Waals surface area (Å²) in [7, 11) is -3.04. The summed E-state index contributed by atoms with van der Waals surface area (Å²) in [5.41, 5.74) is 0.869. The van der Waals surface area contributed by atoms with Crippen LogP contribution in [0.25, 0.3) is 0 Å². The highest BCUT2D eigenvalue weighted by atomic mass is 32.2. The van der Waals surface area contributed by atoms with Crippen LogP contribution in [0.15, 0.2) is 30.3 Å². The van der Waals surface area contributed by atoms with Crippen molar-refractivity contribution in [1.29, 1.82) is 0 Å². The number of ether oxygens (including phenoxy) is 1. The van der Waals surface area contributed by atoms with Gasteiger partial charge in [0.1, 0.15) is 6.04 Å². The maximum Gasteiger partial charge on any atom is 0.244 e. The smallest absolute Gasteiger partial charge is 0.244 e. The fourth-order valence-corrected chi connectivity index (χ4v) is 5.95. The van der Waals surface area contributed by atoms with Crippen LogP contribution >= 0.6 is 0 Å². The number of likely N-dealkylation sites (tertiary alicyclic amines) is 1. The molecule has 0 N–H and O–H groups in total. The van der Waals surface area contributed by atoms with Gasteiger partial charge in [-0.2, -0.15) is 0 Å².